The van der Waals surface area contributed by atoms with Crippen molar-refractivity contribution in [2.24, 2.45) is 0 Å². The first-order chi connectivity index (χ1) is 10.2. The zero-order valence-electron chi connectivity index (χ0n) is 11.5. The fourth-order valence-electron chi connectivity index (χ4n) is 1.95. The molecule has 0 aliphatic heterocycles. The fraction of sp³-hybridized carbons (Fsp3) is 0.125. The van der Waals surface area contributed by atoms with Gasteiger partial charge in [0.1, 0.15) is 0 Å². The summed E-state index contributed by atoms with van der Waals surface area (Å²) in [6, 6.07) is 13.0. The van der Waals surface area contributed by atoms with Gasteiger partial charge in [0.25, 0.3) is 0 Å². The molecular formula is C16H14N2O3. The van der Waals surface area contributed by atoms with E-state index in [0.29, 0.717) is 17.3 Å². The van der Waals surface area contributed by atoms with Crippen LogP contribution >= 0.6 is 0 Å². The van der Waals surface area contributed by atoms with Crippen molar-refractivity contribution in [3.63, 3.8) is 0 Å². The van der Waals surface area contributed by atoms with E-state index in [1.807, 2.05) is 31.2 Å². The van der Waals surface area contributed by atoms with Crippen LogP contribution in [0.5, 0.6) is 0 Å². The van der Waals surface area contributed by atoms with Crippen molar-refractivity contribution >= 4 is 11.8 Å². The molecule has 0 fully saturated rings. The molecule has 0 radical (unpaired) electrons. The second-order valence-corrected chi connectivity index (χ2v) is 4.76. The molecule has 0 bridgehead atoms. The SMILES string of the molecule is Cc1ccc(CC(=O)Nc2cc(-c3ccco3)no2)cc1. The van der Waals surface area contributed by atoms with Gasteiger partial charge in [-0.25, -0.2) is 0 Å². The largest absolute Gasteiger partial charge is 0.463 e. The molecule has 1 aromatic carbocycles. The maximum atomic E-state index is 11.9. The molecule has 21 heavy (non-hydrogen) atoms. The summed E-state index contributed by atoms with van der Waals surface area (Å²) in [7, 11) is 0. The van der Waals surface area contributed by atoms with Crippen LogP contribution in [0.2, 0.25) is 0 Å². The Morgan fingerprint density at radius 3 is 2.76 bits per heavy atom. The highest BCUT2D eigenvalue weighted by Crippen LogP contribution is 2.21. The number of hydrogen-bond donors (Lipinski definition) is 1. The van der Waals surface area contributed by atoms with Crippen LogP contribution in [0.4, 0.5) is 5.88 Å². The molecule has 3 aromatic rings. The number of furan rings is 1. The number of benzene rings is 1. The minimum Gasteiger partial charge on any atom is -0.463 e. The van der Waals surface area contributed by atoms with Crippen LogP contribution < -0.4 is 5.32 Å². The van der Waals surface area contributed by atoms with Crippen molar-refractivity contribution in [1.82, 2.24) is 5.16 Å². The standard InChI is InChI=1S/C16H14N2O3/c1-11-4-6-12(7-5-11)9-15(19)17-16-10-13(18-21-16)14-3-2-8-20-14/h2-8,10H,9H2,1H3,(H,17,19). The zero-order valence-corrected chi connectivity index (χ0v) is 11.5. The lowest BCUT2D eigenvalue weighted by molar-refractivity contribution is -0.115. The molecule has 2 heterocycles. The van der Waals surface area contributed by atoms with Gasteiger partial charge in [-0.15, -0.1) is 0 Å². The third-order valence-electron chi connectivity index (χ3n) is 3.03. The van der Waals surface area contributed by atoms with Gasteiger partial charge < -0.3 is 8.94 Å². The van der Waals surface area contributed by atoms with E-state index in [1.54, 1.807) is 24.5 Å². The lowest BCUT2D eigenvalue weighted by Crippen LogP contribution is -2.13. The molecule has 5 nitrogen and oxygen atoms in total. The number of carbonyl (C=O) groups is 1. The molecule has 5 heteroatoms. The van der Waals surface area contributed by atoms with Crippen molar-refractivity contribution in [2.45, 2.75) is 13.3 Å². The van der Waals surface area contributed by atoms with Gasteiger partial charge in [0, 0.05) is 6.07 Å². The first-order valence-electron chi connectivity index (χ1n) is 6.57. The molecule has 106 valence electrons. The third kappa shape index (κ3) is 3.20. The number of carbonyl (C=O) groups excluding carboxylic acids is 1. The van der Waals surface area contributed by atoms with Crippen molar-refractivity contribution in [3.8, 4) is 11.5 Å². The number of rotatable bonds is 4. The molecule has 0 aliphatic carbocycles. The normalized spacial score (nSPS) is 10.5. The van der Waals surface area contributed by atoms with Gasteiger partial charge >= 0.3 is 0 Å². The predicted molar refractivity (Wildman–Crippen MR) is 77.7 cm³/mol. The molecule has 2 aromatic heterocycles. The number of hydrogen-bond acceptors (Lipinski definition) is 4. The van der Waals surface area contributed by atoms with Gasteiger partial charge in [-0.2, -0.15) is 0 Å². The van der Waals surface area contributed by atoms with Gasteiger partial charge in [0.15, 0.2) is 11.5 Å². The number of amides is 1. The molecule has 1 N–H and O–H groups in total. The Hall–Kier alpha value is -2.82. The molecule has 0 atom stereocenters. The van der Waals surface area contributed by atoms with Gasteiger partial charge in [-0.3, -0.25) is 10.1 Å². The highest BCUT2D eigenvalue weighted by molar-refractivity contribution is 5.91. The topological polar surface area (TPSA) is 68.3 Å². The Kier molecular flexibility index (Phi) is 3.55. The molecule has 0 aliphatic rings. The number of anilines is 1. The van der Waals surface area contributed by atoms with Crippen LogP contribution in [0.15, 0.2) is 57.7 Å². The van der Waals surface area contributed by atoms with Gasteiger partial charge in [0.05, 0.1) is 12.7 Å². The highest BCUT2D eigenvalue weighted by atomic mass is 16.5. The predicted octanol–water partition coefficient (Wildman–Crippen LogP) is 3.42. The number of aromatic nitrogens is 1. The average Bonchev–Trinajstić information content (AvgIpc) is 3.12. The van der Waals surface area contributed by atoms with E-state index in [2.05, 4.69) is 10.5 Å². The maximum absolute atomic E-state index is 11.9. The minimum absolute atomic E-state index is 0.152. The highest BCUT2D eigenvalue weighted by Gasteiger charge is 2.11. The van der Waals surface area contributed by atoms with Crippen LogP contribution in [-0.2, 0) is 11.2 Å². The first kappa shape index (κ1) is 13.2. The van der Waals surface area contributed by atoms with E-state index in [0.717, 1.165) is 11.1 Å². The Labute approximate surface area is 121 Å². The molecule has 0 unspecified atom stereocenters. The van der Waals surface area contributed by atoms with E-state index in [9.17, 15) is 4.79 Å². The summed E-state index contributed by atoms with van der Waals surface area (Å²) in [6.07, 6.45) is 1.84. The van der Waals surface area contributed by atoms with E-state index < -0.39 is 0 Å². The lowest BCUT2D eigenvalue weighted by atomic mass is 10.1. The molecule has 0 saturated carbocycles. The monoisotopic (exact) mass is 282 g/mol. The zero-order chi connectivity index (χ0) is 14.7. The summed E-state index contributed by atoms with van der Waals surface area (Å²) < 4.78 is 10.3. The van der Waals surface area contributed by atoms with Crippen LogP contribution in [-0.4, -0.2) is 11.1 Å². The lowest BCUT2D eigenvalue weighted by Gasteiger charge is -2.01. The smallest absolute Gasteiger partial charge is 0.231 e. The quantitative estimate of drug-likeness (QED) is 0.796. The van der Waals surface area contributed by atoms with Crippen molar-refractivity contribution in [2.75, 3.05) is 5.32 Å². The summed E-state index contributed by atoms with van der Waals surface area (Å²) in [5.41, 5.74) is 2.66. The Bertz CT molecular complexity index is 727. The summed E-state index contributed by atoms with van der Waals surface area (Å²) >= 11 is 0. The first-order valence-corrected chi connectivity index (χ1v) is 6.57. The molecule has 3 rings (SSSR count). The van der Waals surface area contributed by atoms with Crippen LogP contribution in [0.25, 0.3) is 11.5 Å². The summed E-state index contributed by atoms with van der Waals surface area (Å²) in [4.78, 5) is 11.9. The van der Waals surface area contributed by atoms with E-state index in [1.165, 1.54) is 0 Å². The van der Waals surface area contributed by atoms with Crippen LogP contribution in [0.3, 0.4) is 0 Å². The van der Waals surface area contributed by atoms with E-state index >= 15 is 0 Å². The number of nitrogens with one attached hydrogen (secondary N) is 1. The second kappa shape index (κ2) is 5.66. The fourth-order valence-corrected chi connectivity index (χ4v) is 1.95. The van der Waals surface area contributed by atoms with Gasteiger partial charge in [-0.1, -0.05) is 35.0 Å². The second-order valence-electron chi connectivity index (χ2n) is 4.76. The minimum atomic E-state index is -0.152. The molecular weight excluding hydrogens is 268 g/mol. The van der Waals surface area contributed by atoms with Crippen LogP contribution in [0.1, 0.15) is 11.1 Å². The molecule has 0 saturated heterocycles. The number of nitrogens with zero attached hydrogens (tertiary/aromatic N) is 1. The van der Waals surface area contributed by atoms with E-state index in [-0.39, 0.29) is 12.3 Å². The number of aryl methyl sites for hydroxylation is 1. The van der Waals surface area contributed by atoms with Crippen molar-refractivity contribution < 1.29 is 13.7 Å². The van der Waals surface area contributed by atoms with E-state index in [4.69, 9.17) is 8.94 Å². The van der Waals surface area contributed by atoms with Crippen LogP contribution in [0, 0.1) is 6.92 Å². The summed E-state index contributed by atoms with van der Waals surface area (Å²) in [6.45, 7) is 2.01. The average molecular weight is 282 g/mol. The third-order valence-corrected chi connectivity index (χ3v) is 3.03. The van der Waals surface area contributed by atoms with Gasteiger partial charge in [-0.05, 0) is 24.6 Å². The molecule has 0 spiro atoms. The van der Waals surface area contributed by atoms with Gasteiger partial charge in [0.2, 0.25) is 11.8 Å². The maximum Gasteiger partial charge on any atom is 0.231 e. The Balaban J connectivity index is 1.64. The van der Waals surface area contributed by atoms with Crippen molar-refractivity contribution in [3.05, 3.63) is 59.9 Å². The molecule has 1 amide bonds. The van der Waals surface area contributed by atoms with Crippen molar-refractivity contribution in [1.29, 1.82) is 0 Å². The Morgan fingerprint density at radius 1 is 1.24 bits per heavy atom. The summed E-state index contributed by atoms with van der Waals surface area (Å²) in [5.74, 6) is 0.747. The Morgan fingerprint density at radius 2 is 2.05 bits per heavy atom. The summed E-state index contributed by atoms with van der Waals surface area (Å²) in [5, 5.41) is 6.52.